The van der Waals surface area contributed by atoms with Gasteiger partial charge in [0.1, 0.15) is 5.82 Å². The summed E-state index contributed by atoms with van der Waals surface area (Å²) in [6, 6.07) is 0. The molecule has 0 radical (unpaired) electrons. The number of aryl methyl sites for hydroxylation is 1. The molecule has 13 heavy (non-hydrogen) atoms. The fraction of sp³-hybridized carbons (Fsp3) is 0.778. The van der Waals surface area contributed by atoms with Gasteiger partial charge in [0, 0.05) is 6.54 Å². The molecule has 1 heterocycles. The summed E-state index contributed by atoms with van der Waals surface area (Å²) in [7, 11) is 0. The van der Waals surface area contributed by atoms with Crippen LogP contribution in [0.2, 0.25) is 0 Å². The van der Waals surface area contributed by atoms with Crippen LogP contribution in [0.3, 0.4) is 0 Å². The molecule has 0 spiro atoms. The number of aromatic amines is 1. The second-order valence-corrected chi connectivity index (χ2v) is 4.20. The van der Waals surface area contributed by atoms with E-state index in [2.05, 4.69) is 14.8 Å². The van der Waals surface area contributed by atoms with Gasteiger partial charge in [-0.1, -0.05) is 19.3 Å². The minimum Gasteiger partial charge on any atom is -0.304 e. The Morgan fingerprint density at radius 1 is 1.62 bits per heavy atom. The third-order valence-corrected chi connectivity index (χ3v) is 3.25. The summed E-state index contributed by atoms with van der Waals surface area (Å²) in [5.41, 5.74) is 0. The first kappa shape index (κ1) is 8.94. The lowest BCUT2D eigenvalue weighted by molar-refractivity contribution is 0.281. The Labute approximate surface area is 83.2 Å². The maximum atomic E-state index is 5.12. The third kappa shape index (κ3) is 1.82. The highest BCUT2D eigenvalue weighted by atomic mass is 32.1. The topological polar surface area (TPSA) is 33.6 Å². The number of hydrogen-bond acceptors (Lipinski definition) is 2. The summed E-state index contributed by atoms with van der Waals surface area (Å²) in [6.07, 6.45) is 5.49. The molecule has 1 aromatic heterocycles. The fourth-order valence-corrected chi connectivity index (χ4v) is 2.02. The molecule has 1 saturated carbocycles. The number of nitrogens with zero attached hydrogens (tertiary/aromatic N) is 2. The van der Waals surface area contributed by atoms with E-state index in [1.807, 2.05) is 6.92 Å². The molecule has 0 unspecified atom stereocenters. The van der Waals surface area contributed by atoms with E-state index in [-0.39, 0.29) is 0 Å². The summed E-state index contributed by atoms with van der Waals surface area (Å²) in [4.78, 5) is 0. The van der Waals surface area contributed by atoms with Gasteiger partial charge in [0.2, 0.25) is 0 Å². The van der Waals surface area contributed by atoms with Crippen LogP contribution in [0.15, 0.2) is 0 Å². The standard InChI is InChI=1S/C9H15N3S/c1-7-10-11-9(13)12(7)6-5-8-3-2-4-8/h8H,2-6H2,1H3,(H,11,13). The van der Waals surface area contributed by atoms with Gasteiger partial charge in [-0.2, -0.15) is 5.10 Å². The lowest BCUT2D eigenvalue weighted by Crippen LogP contribution is -2.14. The highest BCUT2D eigenvalue weighted by Gasteiger charge is 2.17. The zero-order valence-corrected chi connectivity index (χ0v) is 8.73. The van der Waals surface area contributed by atoms with Gasteiger partial charge in [-0.25, -0.2) is 0 Å². The number of nitrogens with one attached hydrogen (secondary N) is 1. The van der Waals surface area contributed by atoms with Crippen LogP contribution in [0.1, 0.15) is 31.5 Å². The Morgan fingerprint density at radius 3 is 2.85 bits per heavy atom. The van der Waals surface area contributed by atoms with Crippen LogP contribution in [0.5, 0.6) is 0 Å². The molecule has 0 aromatic carbocycles. The second kappa shape index (κ2) is 3.62. The van der Waals surface area contributed by atoms with Crippen molar-refractivity contribution in [2.75, 3.05) is 0 Å². The minimum absolute atomic E-state index is 0.761. The Bertz CT molecular complexity index is 335. The van der Waals surface area contributed by atoms with Crippen LogP contribution < -0.4 is 0 Å². The first-order valence-corrected chi connectivity index (χ1v) is 5.30. The molecule has 1 N–H and O–H groups in total. The van der Waals surface area contributed by atoms with Crippen LogP contribution in [-0.2, 0) is 6.54 Å². The molecule has 1 aromatic rings. The van der Waals surface area contributed by atoms with E-state index in [1.54, 1.807) is 0 Å². The number of hydrogen-bond donors (Lipinski definition) is 1. The summed E-state index contributed by atoms with van der Waals surface area (Å²) in [6.45, 7) is 3.03. The molecular formula is C9H15N3S. The minimum atomic E-state index is 0.761. The Morgan fingerprint density at radius 2 is 2.38 bits per heavy atom. The quantitative estimate of drug-likeness (QED) is 0.755. The van der Waals surface area contributed by atoms with Gasteiger partial charge in [0.15, 0.2) is 4.77 Å². The van der Waals surface area contributed by atoms with E-state index in [0.717, 1.165) is 23.1 Å². The third-order valence-electron chi connectivity index (χ3n) is 2.93. The Kier molecular flexibility index (Phi) is 2.49. The molecule has 3 nitrogen and oxygen atoms in total. The summed E-state index contributed by atoms with van der Waals surface area (Å²) >= 11 is 5.12. The number of rotatable bonds is 3. The normalized spacial score (nSPS) is 17.3. The molecule has 1 fully saturated rings. The Balaban J connectivity index is 1.96. The van der Waals surface area contributed by atoms with Gasteiger partial charge in [-0.3, -0.25) is 5.10 Å². The van der Waals surface area contributed by atoms with Crippen LogP contribution in [0, 0.1) is 17.6 Å². The van der Waals surface area contributed by atoms with Gasteiger partial charge in [-0.15, -0.1) is 0 Å². The maximum Gasteiger partial charge on any atom is 0.195 e. The molecule has 4 heteroatoms. The van der Waals surface area contributed by atoms with Crippen molar-refractivity contribution in [1.29, 1.82) is 0 Å². The zero-order valence-electron chi connectivity index (χ0n) is 7.92. The van der Waals surface area contributed by atoms with Crippen molar-refractivity contribution in [3.8, 4) is 0 Å². The predicted octanol–water partition coefficient (Wildman–Crippen LogP) is 2.44. The number of aromatic nitrogens is 3. The number of H-pyrrole nitrogens is 1. The van der Waals surface area contributed by atoms with Gasteiger partial charge in [0.05, 0.1) is 0 Å². The van der Waals surface area contributed by atoms with E-state index in [4.69, 9.17) is 12.2 Å². The first-order chi connectivity index (χ1) is 6.27. The second-order valence-electron chi connectivity index (χ2n) is 3.81. The average Bonchev–Trinajstić information content (AvgIpc) is 2.32. The van der Waals surface area contributed by atoms with Crippen LogP contribution in [0.25, 0.3) is 0 Å². The van der Waals surface area contributed by atoms with E-state index >= 15 is 0 Å². The van der Waals surface area contributed by atoms with Crippen LogP contribution in [0.4, 0.5) is 0 Å². The molecule has 1 aliphatic carbocycles. The van der Waals surface area contributed by atoms with Gasteiger partial charge >= 0.3 is 0 Å². The molecule has 0 aliphatic heterocycles. The zero-order chi connectivity index (χ0) is 9.26. The maximum absolute atomic E-state index is 5.12. The largest absolute Gasteiger partial charge is 0.304 e. The summed E-state index contributed by atoms with van der Waals surface area (Å²) in [5.74, 6) is 1.94. The predicted molar refractivity (Wildman–Crippen MR) is 54.1 cm³/mol. The van der Waals surface area contributed by atoms with E-state index in [9.17, 15) is 0 Å². The molecule has 0 amide bonds. The van der Waals surface area contributed by atoms with Gasteiger partial charge in [-0.05, 0) is 31.5 Å². The SMILES string of the molecule is Cc1n[nH]c(=S)n1CCC1CCC1. The Hall–Kier alpha value is -0.640. The van der Waals surface area contributed by atoms with Crippen molar-refractivity contribution >= 4 is 12.2 Å². The monoisotopic (exact) mass is 197 g/mol. The van der Waals surface area contributed by atoms with Crippen molar-refractivity contribution in [3.05, 3.63) is 10.6 Å². The highest BCUT2D eigenvalue weighted by molar-refractivity contribution is 7.71. The van der Waals surface area contributed by atoms with Crippen molar-refractivity contribution in [2.45, 2.75) is 39.2 Å². The molecule has 0 atom stereocenters. The first-order valence-electron chi connectivity index (χ1n) is 4.89. The smallest absolute Gasteiger partial charge is 0.195 e. The van der Waals surface area contributed by atoms with E-state index < -0.39 is 0 Å². The molecule has 0 bridgehead atoms. The van der Waals surface area contributed by atoms with Crippen molar-refractivity contribution in [1.82, 2.24) is 14.8 Å². The highest BCUT2D eigenvalue weighted by Crippen LogP contribution is 2.29. The van der Waals surface area contributed by atoms with E-state index in [0.29, 0.717) is 0 Å². The fourth-order valence-electron chi connectivity index (χ4n) is 1.75. The molecule has 72 valence electrons. The van der Waals surface area contributed by atoms with Crippen molar-refractivity contribution in [2.24, 2.45) is 5.92 Å². The van der Waals surface area contributed by atoms with E-state index in [1.165, 1.54) is 25.7 Å². The van der Waals surface area contributed by atoms with Crippen molar-refractivity contribution in [3.63, 3.8) is 0 Å². The lowest BCUT2D eigenvalue weighted by Gasteiger charge is -2.25. The van der Waals surface area contributed by atoms with Crippen molar-refractivity contribution < 1.29 is 0 Å². The van der Waals surface area contributed by atoms with Gasteiger partial charge < -0.3 is 4.57 Å². The molecule has 0 saturated heterocycles. The molecule has 2 rings (SSSR count). The lowest BCUT2D eigenvalue weighted by atomic mass is 9.83. The van der Waals surface area contributed by atoms with Crippen LogP contribution >= 0.6 is 12.2 Å². The molecule has 1 aliphatic rings. The summed E-state index contributed by atoms with van der Waals surface area (Å²) < 4.78 is 2.85. The molecular weight excluding hydrogens is 182 g/mol. The van der Waals surface area contributed by atoms with Crippen LogP contribution in [-0.4, -0.2) is 14.8 Å². The average molecular weight is 197 g/mol. The summed E-state index contributed by atoms with van der Waals surface area (Å²) in [5, 5.41) is 6.90. The van der Waals surface area contributed by atoms with Gasteiger partial charge in [0.25, 0.3) is 0 Å².